The van der Waals surface area contributed by atoms with Crippen LogP contribution in [-0.4, -0.2) is 46.7 Å². The van der Waals surface area contributed by atoms with Gasteiger partial charge in [0.15, 0.2) is 6.29 Å². The minimum Gasteiger partial charge on any atom is -0.494 e. The summed E-state index contributed by atoms with van der Waals surface area (Å²) in [7, 11) is 0. The molecule has 5 nitrogen and oxygen atoms in total. The highest BCUT2D eigenvalue weighted by Gasteiger charge is 2.18. The predicted octanol–water partition coefficient (Wildman–Crippen LogP) is 2.94. The summed E-state index contributed by atoms with van der Waals surface area (Å²) in [6.45, 7) is 5.38. The first-order chi connectivity index (χ1) is 11.3. The fourth-order valence-electron chi connectivity index (χ4n) is 3.02. The summed E-state index contributed by atoms with van der Waals surface area (Å²) in [5.41, 5.74) is 1.48. The highest BCUT2D eigenvalue weighted by Crippen LogP contribution is 2.17. The van der Waals surface area contributed by atoms with Gasteiger partial charge in [0.2, 0.25) is 0 Å². The number of ether oxygens (including phenoxy) is 1. The van der Waals surface area contributed by atoms with E-state index in [1.165, 1.54) is 19.4 Å². The van der Waals surface area contributed by atoms with Crippen molar-refractivity contribution in [1.82, 2.24) is 14.7 Å². The number of aldehydes is 1. The van der Waals surface area contributed by atoms with Gasteiger partial charge in [-0.05, 0) is 57.0 Å². The second kappa shape index (κ2) is 7.42. The SMILES string of the molecule is C[C@@H]1CCCN1CCCOc1ccc(-n2cc(C=O)cn2)cc1. The molecule has 3 rings (SSSR count). The highest BCUT2D eigenvalue weighted by molar-refractivity contribution is 5.73. The first kappa shape index (κ1) is 15.7. The Morgan fingerprint density at radius 2 is 2.17 bits per heavy atom. The maximum atomic E-state index is 10.7. The van der Waals surface area contributed by atoms with E-state index in [0.29, 0.717) is 5.56 Å². The van der Waals surface area contributed by atoms with Crippen LogP contribution in [-0.2, 0) is 0 Å². The molecule has 2 aromatic rings. The van der Waals surface area contributed by atoms with Gasteiger partial charge in [0, 0.05) is 18.8 Å². The van der Waals surface area contributed by atoms with E-state index in [9.17, 15) is 4.79 Å². The van der Waals surface area contributed by atoms with Crippen molar-refractivity contribution < 1.29 is 9.53 Å². The number of hydrogen-bond donors (Lipinski definition) is 0. The largest absolute Gasteiger partial charge is 0.494 e. The quantitative estimate of drug-likeness (QED) is 0.582. The standard InChI is InChI=1S/C18H23N3O2/c1-15-4-2-9-20(15)10-3-11-23-18-7-5-17(6-8-18)21-13-16(14-22)12-19-21/h5-8,12-15H,2-4,9-11H2,1H3/t15-/m1/s1. The predicted molar refractivity (Wildman–Crippen MR) is 89.3 cm³/mol. The molecule has 1 saturated heterocycles. The smallest absolute Gasteiger partial charge is 0.153 e. The molecule has 0 N–H and O–H groups in total. The van der Waals surface area contributed by atoms with E-state index in [0.717, 1.165) is 43.3 Å². The lowest BCUT2D eigenvalue weighted by Crippen LogP contribution is -2.28. The number of nitrogens with zero attached hydrogens (tertiary/aromatic N) is 3. The van der Waals surface area contributed by atoms with Crippen LogP contribution in [0.3, 0.4) is 0 Å². The van der Waals surface area contributed by atoms with E-state index < -0.39 is 0 Å². The minimum absolute atomic E-state index is 0.571. The van der Waals surface area contributed by atoms with Gasteiger partial charge in [-0.15, -0.1) is 0 Å². The summed E-state index contributed by atoms with van der Waals surface area (Å²) in [6, 6.07) is 8.49. The number of benzene rings is 1. The van der Waals surface area contributed by atoms with Crippen LogP contribution < -0.4 is 4.74 Å². The molecule has 0 amide bonds. The van der Waals surface area contributed by atoms with Crippen LogP contribution >= 0.6 is 0 Å². The zero-order valence-electron chi connectivity index (χ0n) is 13.5. The van der Waals surface area contributed by atoms with Crippen LogP contribution in [0.2, 0.25) is 0 Å². The van der Waals surface area contributed by atoms with Crippen molar-refractivity contribution in [3.05, 3.63) is 42.2 Å². The van der Waals surface area contributed by atoms with Crippen molar-refractivity contribution in [2.24, 2.45) is 0 Å². The molecule has 0 saturated carbocycles. The Labute approximate surface area is 136 Å². The van der Waals surface area contributed by atoms with Gasteiger partial charge < -0.3 is 9.64 Å². The van der Waals surface area contributed by atoms with Crippen molar-refractivity contribution in [2.45, 2.75) is 32.2 Å². The molecule has 0 spiro atoms. The first-order valence-corrected chi connectivity index (χ1v) is 8.23. The monoisotopic (exact) mass is 313 g/mol. The minimum atomic E-state index is 0.571. The molecule has 1 atom stereocenters. The topological polar surface area (TPSA) is 47.4 Å². The maximum absolute atomic E-state index is 10.7. The molecule has 0 aliphatic carbocycles. The summed E-state index contributed by atoms with van der Waals surface area (Å²) in [4.78, 5) is 13.2. The molecule has 2 heterocycles. The van der Waals surface area contributed by atoms with E-state index in [-0.39, 0.29) is 0 Å². The third kappa shape index (κ3) is 3.99. The van der Waals surface area contributed by atoms with Crippen LogP contribution in [0, 0.1) is 0 Å². The van der Waals surface area contributed by atoms with Crippen molar-refractivity contribution in [3.63, 3.8) is 0 Å². The molecule has 0 unspecified atom stereocenters. The van der Waals surface area contributed by atoms with E-state index >= 15 is 0 Å². The van der Waals surface area contributed by atoms with E-state index in [2.05, 4.69) is 16.9 Å². The molecule has 1 aliphatic heterocycles. The Morgan fingerprint density at radius 3 is 2.83 bits per heavy atom. The Balaban J connectivity index is 1.46. The van der Waals surface area contributed by atoms with Crippen molar-refractivity contribution in [1.29, 1.82) is 0 Å². The van der Waals surface area contributed by atoms with Crippen LogP contribution in [0.15, 0.2) is 36.7 Å². The molecule has 23 heavy (non-hydrogen) atoms. The summed E-state index contributed by atoms with van der Waals surface area (Å²) < 4.78 is 7.49. The Bertz CT molecular complexity index is 636. The lowest BCUT2D eigenvalue weighted by Gasteiger charge is -2.20. The van der Waals surface area contributed by atoms with Crippen LogP contribution in [0.5, 0.6) is 5.75 Å². The number of rotatable bonds is 7. The fraction of sp³-hybridized carbons (Fsp3) is 0.444. The van der Waals surface area contributed by atoms with Gasteiger partial charge in [-0.25, -0.2) is 4.68 Å². The summed E-state index contributed by atoms with van der Waals surface area (Å²) in [6.07, 6.45) is 7.75. The van der Waals surface area contributed by atoms with Crippen molar-refractivity contribution >= 4 is 6.29 Å². The van der Waals surface area contributed by atoms with Gasteiger partial charge in [-0.2, -0.15) is 5.10 Å². The average molecular weight is 313 g/mol. The van der Waals surface area contributed by atoms with E-state index in [1.54, 1.807) is 17.1 Å². The number of aromatic nitrogens is 2. The normalized spacial score (nSPS) is 18.2. The van der Waals surface area contributed by atoms with Crippen molar-refractivity contribution in [2.75, 3.05) is 19.7 Å². The van der Waals surface area contributed by atoms with E-state index in [1.807, 2.05) is 24.3 Å². The lowest BCUT2D eigenvalue weighted by atomic mass is 10.2. The number of hydrogen-bond acceptors (Lipinski definition) is 4. The number of likely N-dealkylation sites (tertiary alicyclic amines) is 1. The van der Waals surface area contributed by atoms with Crippen LogP contribution in [0.4, 0.5) is 0 Å². The third-order valence-corrected chi connectivity index (χ3v) is 4.39. The second-order valence-corrected chi connectivity index (χ2v) is 6.06. The molecule has 1 aromatic carbocycles. The van der Waals surface area contributed by atoms with Crippen molar-refractivity contribution in [3.8, 4) is 11.4 Å². The molecule has 0 bridgehead atoms. The third-order valence-electron chi connectivity index (χ3n) is 4.39. The zero-order chi connectivity index (χ0) is 16.1. The molecule has 1 aliphatic rings. The molecule has 5 heteroatoms. The second-order valence-electron chi connectivity index (χ2n) is 6.06. The van der Waals surface area contributed by atoms with Gasteiger partial charge in [-0.3, -0.25) is 4.79 Å². The van der Waals surface area contributed by atoms with E-state index in [4.69, 9.17) is 4.74 Å². The summed E-state index contributed by atoms with van der Waals surface area (Å²) in [5, 5.41) is 4.15. The number of carbonyl (C=O) groups excluding carboxylic acids is 1. The number of carbonyl (C=O) groups is 1. The van der Waals surface area contributed by atoms with Gasteiger partial charge in [0.25, 0.3) is 0 Å². The zero-order valence-corrected chi connectivity index (χ0v) is 13.5. The molecule has 122 valence electrons. The lowest BCUT2D eigenvalue weighted by molar-refractivity contribution is 0.112. The molecular formula is C18H23N3O2. The molecular weight excluding hydrogens is 290 g/mol. The Kier molecular flexibility index (Phi) is 5.08. The average Bonchev–Trinajstić information content (AvgIpc) is 3.21. The fourth-order valence-corrected chi connectivity index (χ4v) is 3.02. The molecule has 1 aromatic heterocycles. The first-order valence-electron chi connectivity index (χ1n) is 8.23. The van der Waals surface area contributed by atoms with Gasteiger partial charge >= 0.3 is 0 Å². The van der Waals surface area contributed by atoms with Gasteiger partial charge in [0.1, 0.15) is 5.75 Å². The van der Waals surface area contributed by atoms with Gasteiger partial charge in [0.05, 0.1) is 24.1 Å². The molecule has 0 radical (unpaired) electrons. The van der Waals surface area contributed by atoms with Crippen LogP contribution in [0.25, 0.3) is 5.69 Å². The Hall–Kier alpha value is -2.14. The molecule has 1 fully saturated rings. The van der Waals surface area contributed by atoms with Gasteiger partial charge in [-0.1, -0.05) is 0 Å². The summed E-state index contributed by atoms with van der Waals surface area (Å²) >= 11 is 0. The summed E-state index contributed by atoms with van der Waals surface area (Å²) in [5.74, 6) is 0.867. The maximum Gasteiger partial charge on any atom is 0.153 e. The highest BCUT2D eigenvalue weighted by atomic mass is 16.5. The Morgan fingerprint density at radius 1 is 1.35 bits per heavy atom. The van der Waals surface area contributed by atoms with Crippen LogP contribution in [0.1, 0.15) is 36.5 Å².